The number of hydrogen-bond donors (Lipinski definition) is 2. The molecule has 112 valence electrons. The van der Waals surface area contributed by atoms with Crippen molar-refractivity contribution in [3.63, 3.8) is 0 Å². The van der Waals surface area contributed by atoms with Crippen molar-refractivity contribution in [2.24, 2.45) is 5.84 Å². The molecule has 2 aromatic carbocycles. The molecule has 2 rings (SSSR count). The quantitative estimate of drug-likeness (QED) is 0.584. The summed E-state index contributed by atoms with van der Waals surface area (Å²) in [6.07, 6.45) is 0.704. The van der Waals surface area contributed by atoms with Crippen LogP contribution in [0.15, 0.2) is 40.9 Å². The molecule has 0 bridgehead atoms. The summed E-state index contributed by atoms with van der Waals surface area (Å²) in [5.41, 5.74) is 4.86. The average Bonchev–Trinajstić information content (AvgIpc) is 2.43. The monoisotopic (exact) mass is 388 g/mol. The summed E-state index contributed by atoms with van der Waals surface area (Å²) in [6, 6.07) is 11.3. The van der Waals surface area contributed by atoms with E-state index >= 15 is 0 Å². The second kappa shape index (κ2) is 7.47. The fourth-order valence-electron chi connectivity index (χ4n) is 2.12. The Morgan fingerprint density at radius 1 is 1.19 bits per heavy atom. The minimum atomic E-state index is -0.0819. The van der Waals surface area contributed by atoms with Gasteiger partial charge in [0, 0.05) is 10.0 Å². The summed E-state index contributed by atoms with van der Waals surface area (Å²) in [5, 5.41) is 1.18. The predicted octanol–water partition coefficient (Wildman–Crippen LogP) is 4.51. The van der Waals surface area contributed by atoms with Gasteiger partial charge in [-0.25, -0.2) is 0 Å². The first-order chi connectivity index (χ1) is 10.0. The Labute approximate surface area is 142 Å². The lowest BCUT2D eigenvalue weighted by Gasteiger charge is -2.18. The molecule has 0 fully saturated rings. The molecule has 6 heteroatoms. The number of hydrogen-bond acceptors (Lipinski definition) is 3. The second-order valence-corrected chi connectivity index (χ2v) is 6.32. The highest BCUT2D eigenvalue weighted by Crippen LogP contribution is 2.29. The topological polar surface area (TPSA) is 47.3 Å². The minimum Gasteiger partial charge on any atom is -0.496 e. The molecule has 0 saturated carbocycles. The highest BCUT2D eigenvalue weighted by atomic mass is 79.9. The average molecular weight is 390 g/mol. The van der Waals surface area contributed by atoms with Crippen molar-refractivity contribution in [3.8, 4) is 5.75 Å². The van der Waals surface area contributed by atoms with Crippen LogP contribution in [0.2, 0.25) is 10.0 Å². The number of hydrazine groups is 1. The van der Waals surface area contributed by atoms with Crippen molar-refractivity contribution in [2.45, 2.75) is 12.5 Å². The summed E-state index contributed by atoms with van der Waals surface area (Å²) in [4.78, 5) is 0. The summed E-state index contributed by atoms with van der Waals surface area (Å²) < 4.78 is 6.13. The highest BCUT2D eigenvalue weighted by Gasteiger charge is 2.13. The van der Waals surface area contributed by atoms with Crippen LogP contribution in [0, 0.1) is 0 Å². The van der Waals surface area contributed by atoms with Crippen LogP contribution >= 0.6 is 39.1 Å². The van der Waals surface area contributed by atoms with Gasteiger partial charge in [0.1, 0.15) is 5.75 Å². The smallest absolute Gasteiger partial charge is 0.133 e. The second-order valence-electron chi connectivity index (χ2n) is 4.60. The van der Waals surface area contributed by atoms with E-state index in [0.717, 1.165) is 21.3 Å². The summed E-state index contributed by atoms with van der Waals surface area (Å²) in [5.74, 6) is 6.47. The normalized spacial score (nSPS) is 12.2. The van der Waals surface area contributed by atoms with Gasteiger partial charge in [-0.3, -0.25) is 11.3 Å². The van der Waals surface area contributed by atoms with Gasteiger partial charge in [0.2, 0.25) is 0 Å². The number of methoxy groups -OCH3 is 1. The Morgan fingerprint density at radius 3 is 2.38 bits per heavy atom. The third-order valence-corrected chi connectivity index (χ3v) is 4.20. The van der Waals surface area contributed by atoms with Crippen LogP contribution in [0.5, 0.6) is 5.75 Å². The van der Waals surface area contributed by atoms with E-state index in [-0.39, 0.29) is 6.04 Å². The number of benzene rings is 2. The molecule has 1 atom stereocenters. The van der Waals surface area contributed by atoms with Crippen molar-refractivity contribution in [1.82, 2.24) is 5.43 Å². The maximum Gasteiger partial charge on any atom is 0.133 e. The van der Waals surface area contributed by atoms with Gasteiger partial charge in [-0.2, -0.15) is 0 Å². The molecule has 0 heterocycles. The first-order valence-corrected chi connectivity index (χ1v) is 7.83. The number of nitrogens with two attached hydrogens (primary N) is 1. The zero-order valence-electron chi connectivity index (χ0n) is 11.4. The van der Waals surface area contributed by atoms with Gasteiger partial charge in [0.05, 0.1) is 17.6 Å². The third kappa shape index (κ3) is 4.34. The first kappa shape index (κ1) is 16.6. The Kier molecular flexibility index (Phi) is 5.90. The van der Waals surface area contributed by atoms with Crippen LogP contribution in [0.25, 0.3) is 0 Å². The van der Waals surface area contributed by atoms with Gasteiger partial charge in [-0.05, 0) is 63.8 Å². The highest BCUT2D eigenvalue weighted by molar-refractivity contribution is 9.10. The SMILES string of the molecule is COc1ccc(CC(NN)c2cc(Cl)cc(Cl)c2)cc1Br. The summed E-state index contributed by atoms with van der Waals surface area (Å²) in [7, 11) is 1.64. The lowest BCUT2D eigenvalue weighted by Crippen LogP contribution is -2.29. The molecule has 0 aromatic heterocycles. The zero-order valence-corrected chi connectivity index (χ0v) is 14.5. The van der Waals surface area contributed by atoms with Crippen molar-refractivity contribution in [2.75, 3.05) is 7.11 Å². The van der Waals surface area contributed by atoms with E-state index in [4.69, 9.17) is 33.8 Å². The van der Waals surface area contributed by atoms with Crippen LogP contribution in [-0.2, 0) is 6.42 Å². The van der Waals surface area contributed by atoms with Gasteiger partial charge < -0.3 is 4.74 Å². The number of halogens is 3. The molecule has 0 spiro atoms. The maximum atomic E-state index is 6.04. The van der Waals surface area contributed by atoms with Gasteiger partial charge in [-0.1, -0.05) is 29.3 Å². The van der Waals surface area contributed by atoms with Crippen molar-refractivity contribution < 1.29 is 4.74 Å². The molecule has 3 N–H and O–H groups in total. The molecule has 0 amide bonds. The minimum absolute atomic E-state index is 0.0819. The standard InChI is InChI=1S/C15H15BrCl2N2O/c1-21-15-3-2-9(4-13(15)16)5-14(20-19)10-6-11(17)8-12(18)7-10/h2-4,6-8,14,20H,5,19H2,1H3. The molecule has 1 unspecified atom stereocenters. The van der Waals surface area contributed by atoms with Crippen LogP contribution in [0.4, 0.5) is 0 Å². The molecule has 3 nitrogen and oxygen atoms in total. The van der Waals surface area contributed by atoms with Crippen molar-refractivity contribution in [3.05, 3.63) is 62.0 Å². The van der Waals surface area contributed by atoms with Crippen LogP contribution in [0.1, 0.15) is 17.2 Å². The summed E-state index contributed by atoms with van der Waals surface area (Å²) >= 11 is 15.6. The van der Waals surface area contributed by atoms with E-state index in [9.17, 15) is 0 Å². The molecule has 2 aromatic rings. The lowest BCUT2D eigenvalue weighted by molar-refractivity contribution is 0.412. The third-order valence-electron chi connectivity index (χ3n) is 3.14. The molecule has 0 aliphatic rings. The molecule has 0 saturated heterocycles. The Morgan fingerprint density at radius 2 is 1.86 bits per heavy atom. The lowest BCUT2D eigenvalue weighted by atomic mass is 9.99. The van der Waals surface area contributed by atoms with E-state index in [1.54, 1.807) is 13.2 Å². The molecular weight excluding hydrogens is 375 g/mol. The fraction of sp³-hybridized carbons (Fsp3) is 0.200. The van der Waals surface area contributed by atoms with Gasteiger partial charge >= 0.3 is 0 Å². The van der Waals surface area contributed by atoms with Crippen LogP contribution in [0.3, 0.4) is 0 Å². The first-order valence-electron chi connectivity index (χ1n) is 6.28. The van der Waals surface area contributed by atoms with Crippen molar-refractivity contribution in [1.29, 1.82) is 0 Å². The van der Waals surface area contributed by atoms with Gasteiger partial charge in [0.15, 0.2) is 0 Å². The van der Waals surface area contributed by atoms with Crippen LogP contribution < -0.4 is 16.0 Å². The zero-order chi connectivity index (χ0) is 15.4. The molecule has 0 aliphatic carbocycles. The van der Waals surface area contributed by atoms with E-state index in [1.165, 1.54) is 0 Å². The Balaban J connectivity index is 2.24. The maximum absolute atomic E-state index is 6.04. The summed E-state index contributed by atoms with van der Waals surface area (Å²) in [6.45, 7) is 0. The largest absolute Gasteiger partial charge is 0.496 e. The number of nitrogens with one attached hydrogen (secondary N) is 1. The predicted molar refractivity (Wildman–Crippen MR) is 90.9 cm³/mol. The Bertz CT molecular complexity index is 617. The van der Waals surface area contributed by atoms with Crippen LogP contribution in [-0.4, -0.2) is 7.11 Å². The number of rotatable bonds is 5. The van der Waals surface area contributed by atoms with E-state index in [0.29, 0.717) is 16.5 Å². The van der Waals surface area contributed by atoms with Gasteiger partial charge in [0.25, 0.3) is 0 Å². The van der Waals surface area contributed by atoms with E-state index in [2.05, 4.69) is 21.4 Å². The van der Waals surface area contributed by atoms with Crippen molar-refractivity contribution >= 4 is 39.1 Å². The fourth-order valence-corrected chi connectivity index (χ4v) is 3.25. The Hall–Kier alpha value is -0.780. The molecule has 0 radical (unpaired) electrons. The molecule has 0 aliphatic heterocycles. The van der Waals surface area contributed by atoms with Gasteiger partial charge in [-0.15, -0.1) is 0 Å². The van der Waals surface area contributed by atoms with E-state index in [1.807, 2.05) is 30.3 Å². The number of ether oxygens (including phenoxy) is 1. The van der Waals surface area contributed by atoms with E-state index < -0.39 is 0 Å². The molecule has 21 heavy (non-hydrogen) atoms. The molecular formula is C15H15BrCl2N2O.